The average molecular weight is 388 g/mol. The second-order valence-electron chi connectivity index (χ2n) is 6.79. The van der Waals surface area contributed by atoms with Crippen LogP contribution >= 0.6 is 0 Å². The number of rotatable bonds is 4. The molecule has 0 saturated carbocycles. The van der Waals surface area contributed by atoms with Crippen LogP contribution in [0.1, 0.15) is 36.5 Å². The highest BCUT2D eigenvalue weighted by molar-refractivity contribution is 6.10. The molecule has 1 aromatic rings. The summed E-state index contributed by atoms with van der Waals surface area (Å²) in [5.74, 6) is -1.14. The molecular formula is C19H24N4O5. The zero-order valence-electron chi connectivity index (χ0n) is 15.7. The number of fused-ring (bicyclic) bond motifs is 1. The fourth-order valence-electron chi connectivity index (χ4n) is 3.35. The molecule has 0 spiro atoms. The van der Waals surface area contributed by atoms with Crippen molar-refractivity contribution in [1.82, 2.24) is 15.5 Å². The molecule has 0 aliphatic carbocycles. The van der Waals surface area contributed by atoms with Crippen LogP contribution in [0.15, 0.2) is 24.3 Å². The van der Waals surface area contributed by atoms with Gasteiger partial charge in [-0.05, 0) is 31.9 Å². The molecule has 3 N–H and O–H groups in total. The highest BCUT2D eigenvalue weighted by atomic mass is 16.6. The molecule has 28 heavy (non-hydrogen) atoms. The summed E-state index contributed by atoms with van der Waals surface area (Å²) in [7, 11) is 0. The first-order valence-electron chi connectivity index (χ1n) is 9.39. The van der Waals surface area contributed by atoms with Crippen LogP contribution in [0.5, 0.6) is 0 Å². The summed E-state index contributed by atoms with van der Waals surface area (Å²) in [6, 6.07) is 5.67. The lowest BCUT2D eigenvalue weighted by molar-refractivity contribution is -0.126. The Morgan fingerprint density at radius 2 is 1.93 bits per heavy atom. The van der Waals surface area contributed by atoms with E-state index in [-0.39, 0.29) is 24.5 Å². The third kappa shape index (κ3) is 4.59. The van der Waals surface area contributed by atoms with Crippen LogP contribution in [0.25, 0.3) is 0 Å². The Kier molecular flexibility index (Phi) is 6.13. The highest BCUT2D eigenvalue weighted by Gasteiger charge is 2.31. The van der Waals surface area contributed by atoms with Crippen molar-refractivity contribution < 1.29 is 23.9 Å². The molecule has 9 nitrogen and oxygen atoms in total. The normalized spacial score (nSPS) is 19.8. The first-order valence-corrected chi connectivity index (χ1v) is 9.39. The van der Waals surface area contributed by atoms with Crippen LogP contribution in [-0.2, 0) is 14.3 Å². The number of likely N-dealkylation sites (tertiary alicyclic amines) is 1. The van der Waals surface area contributed by atoms with Crippen molar-refractivity contribution in [1.29, 1.82) is 0 Å². The standard InChI is InChI=1S/C19H24N4O5/c1-2-28-19(27)23-9-7-12(8-10-23)20-16(24)11-15-18(26)21-14-6-4-3-5-13(14)17(25)22-15/h3-6,12,15H,2,7-11H2,1H3,(H,20,24)(H,21,26)(H,22,25). The molecule has 9 heteroatoms. The minimum Gasteiger partial charge on any atom is -0.450 e. The molecule has 150 valence electrons. The van der Waals surface area contributed by atoms with Crippen molar-refractivity contribution in [3.05, 3.63) is 29.8 Å². The molecule has 2 heterocycles. The van der Waals surface area contributed by atoms with Gasteiger partial charge in [-0.25, -0.2) is 4.79 Å². The zero-order chi connectivity index (χ0) is 20.1. The van der Waals surface area contributed by atoms with E-state index in [0.717, 1.165) is 0 Å². The van der Waals surface area contributed by atoms with Gasteiger partial charge in [-0.15, -0.1) is 0 Å². The van der Waals surface area contributed by atoms with Crippen molar-refractivity contribution in [3.8, 4) is 0 Å². The number of hydrogen-bond donors (Lipinski definition) is 3. The summed E-state index contributed by atoms with van der Waals surface area (Å²) in [6.07, 6.45) is 0.729. The third-order valence-electron chi connectivity index (χ3n) is 4.83. The van der Waals surface area contributed by atoms with Crippen molar-refractivity contribution >= 4 is 29.5 Å². The smallest absolute Gasteiger partial charge is 0.409 e. The predicted octanol–water partition coefficient (Wildman–Crippen LogP) is 0.864. The van der Waals surface area contributed by atoms with E-state index in [4.69, 9.17) is 4.74 Å². The minimum absolute atomic E-state index is 0.0834. The van der Waals surface area contributed by atoms with E-state index >= 15 is 0 Å². The molecular weight excluding hydrogens is 364 g/mol. The van der Waals surface area contributed by atoms with Crippen molar-refractivity contribution in [2.24, 2.45) is 0 Å². The molecule has 2 aliphatic heterocycles. The number of anilines is 1. The van der Waals surface area contributed by atoms with E-state index in [0.29, 0.717) is 43.8 Å². The Hall–Kier alpha value is -3.10. The Labute approximate surface area is 162 Å². The largest absolute Gasteiger partial charge is 0.450 e. The molecule has 1 atom stereocenters. The van der Waals surface area contributed by atoms with E-state index in [1.165, 1.54) is 0 Å². The van der Waals surface area contributed by atoms with Crippen LogP contribution in [0, 0.1) is 0 Å². The molecule has 1 unspecified atom stereocenters. The number of carbonyl (C=O) groups excluding carboxylic acids is 4. The number of nitrogens with one attached hydrogen (secondary N) is 3. The van der Waals surface area contributed by atoms with Crippen LogP contribution in [0.2, 0.25) is 0 Å². The maximum absolute atomic E-state index is 12.4. The van der Waals surface area contributed by atoms with Gasteiger partial charge in [0.1, 0.15) is 6.04 Å². The van der Waals surface area contributed by atoms with E-state index < -0.39 is 17.9 Å². The Balaban J connectivity index is 1.51. The summed E-state index contributed by atoms with van der Waals surface area (Å²) < 4.78 is 4.97. The van der Waals surface area contributed by atoms with E-state index in [1.807, 2.05) is 0 Å². The van der Waals surface area contributed by atoms with Crippen molar-refractivity contribution in [2.45, 2.75) is 38.3 Å². The van der Waals surface area contributed by atoms with Gasteiger partial charge in [0.2, 0.25) is 11.8 Å². The fourth-order valence-corrected chi connectivity index (χ4v) is 3.35. The lowest BCUT2D eigenvalue weighted by Crippen LogP contribution is -2.49. The number of benzene rings is 1. The fraction of sp³-hybridized carbons (Fsp3) is 0.474. The van der Waals surface area contributed by atoms with Crippen LogP contribution in [0.3, 0.4) is 0 Å². The Morgan fingerprint density at radius 1 is 1.21 bits per heavy atom. The van der Waals surface area contributed by atoms with Gasteiger partial charge in [0.15, 0.2) is 0 Å². The molecule has 0 bridgehead atoms. The maximum atomic E-state index is 12.4. The first-order chi connectivity index (χ1) is 13.5. The summed E-state index contributed by atoms with van der Waals surface area (Å²) in [6.45, 7) is 3.08. The van der Waals surface area contributed by atoms with Crippen molar-refractivity contribution in [2.75, 3.05) is 25.0 Å². The van der Waals surface area contributed by atoms with Gasteiger partial charge in [-0.2, -0.15) is 0 Å². The van der Waals surface area contributed by atoms with Gasteiger partial charge in [0.25, 0.3) is 5.91 Å². The second-order valence-corrected chi connectivity index (χ2v) is 6.79. The number of piperidine rings is 1. The van der Waals surface area contributed by atoms with E-state index in [2.05, 4.69) is 16.0 Å². The lowest BCUT2D eigenvalue weighted by Gasteiger charge is -2.31. The van der Waals surface area contributed by atoms with Crippen LogP contribution < -0.4 is 16.0 Å². The Bertz CT molecular complexity index is 773. The van der Waals surface area contributed by atoms with E-state index in [9.17, 15) is 19.2 Å². The molecule has 1 fully saturated rings. The maximum Gasteiger partial charge on any atom is 0.409 e. The molecule has 4 amide bonds. The lowest BCUT2D eigenvalue weighted by atomic mass is 10.0. The van der Waals surface area contributed by atoms with Gasteiger partial charge in [0.05, 0.1) is 24.3 Å². The number of hydrogen-bond acceptors (Lipinski definition) is 5. The average Bonchev–Trinajstić information content (AvgIpc) is 2.79. The monoisotopic (exact) mass is 388 g/mol. The number of para-hydroxylation sites is 1. The summed E-state index contributed by atoms with van der Waals surface area (Å²) in [5, 5.41) is 8.18. The molecule has 1 aromatic carbocycles. The zero-order valence-corrected chi connectivity index (χ0v) is 15.7. The second kappa shape index (κ2) is 8.73. The molecule has 0 radical (unpaired) electrons. The van der Waals surface area contributed by atoms with Gasteiger partial charge in [-0.1, -0.05) is 12.1 Å². The Morgan fingerprint density at radius 3 is 2.64 bits per heavy atom. The summed E-state index contributed by atoms with van der Waals surface area (Å²) in [4.78, 5) is 50.4. The number of carbonyl (C=O) groups is 4. The molecule has 1 saturated heterocycles. The van der Waals surface area contributed by atoms with Gasteiger partial charge < -0.3 is 25.6 Å². The van der Waals surface area contributed by atoms with Gasteiger partial charge in [-0.3, -0.25) is 14.4 Å². The first kappa shape index (κ1) is 19.7. The van der Waals surface area contributed by atoms with E-state index in [1.54, 1.807) is 36.1 Å². The highest BCUT2D eigenvalue weighted by Crippen LogP contribution is 2.19. The third-order valence-corrected chi connectivity index (χ3v) is 4.83. The van der Waals surface area contributed by atoms with Crippen LogP contribution in [-0.4, -0.2) is 60.5 Å². The molecule has 2 aliphatic rings. The van der Waals surface area contributed by atoms with Gasteiger partial charge in [0, 0.05) is 19.1 Å². The summed E-state index contributed by atoms with van der Waals surface area (Å²) in [5.41, 5.74) is 0.796. The number of nitrogens with zero attached hydrogens (tertiary/aromatic N) is 1. The number of amides is 4. The quantitative estimate of drug-likeness (QED) is 0.707. The minimum atomic E-state index is -0.945. The molecule has 0 aromatic heterocycles. The molecule has 3 rings (SSSR count). The number of ether oxygens (including phenoxy) is 1. The predicted molar refractivity (Wildman–Crippen MR) is 101 cm³/mol. The van der Waals surface area contributed by atoms with Gasteiger partial charge >= 0.3 is 6.09 Å². The van der Waals surface area contributed by atoms with Crippen LogP contribution in [0.4, 0.5) is 10.5 Å². The topological polar surface area (TPSA) is 117 Å². The SMILES string of the molecule is CCOC(=O)N1CCC(NC(=O)CC2NC(=O)c3ccccc3NC2=O)CC1. The summed E-state index contributed by atoms with van der Waals surface area (Å²) >= 11 is 0. The van der Waals surface area contributed by atoms with Crippen molar-refractivity contribution in [3.63, 3.8) is 0 Å².